The van der Waals surface area contributed by atoms with Crippen molar-refractivity contribution in [3.8, 4) is 0 Å². The van der Waals surface area contributed by atoms with Gasteiger partial charge in [-0.2, -0.15) is 0 Å². The topological polar surface area (TPSA) is 0 Å². The van der Waals surface area contributed by atoms with E-state index in [-0.39, 0.29) is 0 Å². The minimum atomic E-state index is 0.517. The van der Waals surface area contributed by atoms with Crippen LogP contribution < -0.4 is 0 Å². The Bertz CT molecular complexity index is 613. The van der Waals surface area contributed by atoms with Crippen molar-refractivity contribution in [2.75, 3.05) is 0 Å². The maximum absolute atomic E-state index is 5.96. The van der Waals surface area contributed by atoms with Crippen LogP contribution in [-0.2, 0) is 0 Å². The fourth-order valence-electron chi connectivity index (χ4n) is 2.41. The molecular formula is C17H15ClS. The molecule has 0 nitrogen and oxygen atoms in total. The lowest BCUT2D eigenvalue weighted by atomic mass is 9.94. The van der Waals surface area contributed by atoms with Gasteiger partial charge in [-0.25, -0.2) is 0 Å². The third-order valence-corrected chi connectivity index (χ3v) is 4.89. The molecule has 0 spiro atoms. The van der Waals surface area contributed by atoms with Crippen molar-refractivity contribution in [1.82, 2.24) is 0 Å². The van der Waals surface area contributed by atoms with Gasteiger partial charge in [-0.05, 0) is 35.7 Å². The second kappa shape index (κ2) is 5.44. The third-order valence-electron chi connectivity index (χ3n) is 3.46. The average molecular weight is 287 g/mol. The molecule has 96 valence electrons. The van der Waals surface area contributed by atoms with Crippen LogP contribution in [-0.4, -0.2) is 0 Å². The van der Waals surface area contributed by atoms with E-state index in [1.165, 1.54) is 20.9 Å². The Kier molecular flexibility index (Phi) is 3.67. The molecule has 0 saturated heterocycles. The van der Waals surface area contributed by atoms with Crippen molar-refractivity contribution >= 4 is 28.3 Å². The second-order valence-corrected chi connectivity index (χ2v) is 6.21. The molecular weight excluding hydrogens is 272 g/mol. The van der Waals surface area contributed by atoms with Crippen LogP contribution in [0.4, 0.5) is 0 Å². The van der Waals surface area contributed by atoms with E-state index in [1.807, 2.05) is 23.9 Å². The first kappa shape index (κ1) is 12.8. The first-order chi connectivity index (χ1) is 9.28. The Balaban J connectivity index is 2.01. The highest BCUT2D eigenvalue weighted by atomic mass is 35.5. The fourth-order valence-corrected chi connectivity index (χ4v) is 3.74. The Hall–Kier alpha value is -1.18. The molecule has 0 aromatic heterocycles. The van der Waals surface area contributed by atoms with Crippen LogP contribution in [0.5, 0.6) is 0 Å². The zero-order valence-corrected chi connectivity index (χ0v) is 12.3. The summed E-state index contributed by atoms with van der Waals surface area (Å²) in [7, 11) is 0. The second-order valence-electron chi connectivity index (χ2n) is 4.69. The third kappa shape index (κ3) is 2.58. The van der Waals surface area contributed by atoms with Crippen LogP contribution in [0, 0.1) is 0 Å². The van der Waals surface area contributed by atoms with Gasteiger partial charge in [0.1, 0.15) is 0 Å². The van der Waals surface area contributed by atoms with E-state index in [4.69, 9.17) is 11.6 Å². The smallest absolute Gasteiger partial charge is 0.0406 e. The highest BCUT2D eigenvalue weighted by Gasteiger charge is 2.19. The van der Waals surface area contributed by atoms with Gasteiger partial charge in [0.15, 0.2) is 0 Å². The van der Waals surface area contributed by atoms with Gasteiger partial charge in [-0.1, -0.05) is 66.7 Å². The minimum Gasteiger partial charge on any atom is -0.0895 e. The van der Waals surface area contributed by atoms with Crippen molar-refractivity contribution in [3.63, 3.8) is 0 Å². The molecule has 2 aromatic carbocycles. The molecule has 0 radical (unpaired) electrons. The Morgan fingerprint density at radius 2 is 1.79 bits per heavy atom. The lowest BCUT2D eigenvalue weighted by Crippen LogP contribution is -2.01. The van der Waals surface area contributed by atoms with E-state index in [2.05, 4.69) is 49.4 Å². The van der Waals surface area contributed by atoms with Crippen molar-refractivity contribution < 1.29 is 0 Å². The van der Waals surface area contributed by atoms with Crippen molar-refractivity contribution in [2.24, 2.45) is 0 Å². The summed E-state index contributed by atoms with van der Waals surface area (Å²) in [6.07, 6.45) is 3.52. The lowest BCUT2D eigenvalue weighted by Gasteiger charge is -2.23. The van der Waals surface area contributed by atoms with Crippen molar-refractivity contribution in [3.05, 3.63) is 70.8 Å². The van der Waals surface area contributed by atoms with E-state index in [1.54, 1.807) is 0 Å². The summed E-state index contributed by atoms with van der Waals surface area (Å²) in [5.41, 5.74) is 2.70. The van der Waals surface area contributed by atoms with Gasteiger partial charge < -0.3 is 0 Å². The fraction of sp³-hybridized carbons (Fsp3) is 0.176. The largest absolute Gasteiger partial charge is 0.0895 e. The van der Waals surface area contributed by atoms with E-state index in [9.17, 15) is 0 Å². The number of fused-ring (bicyclic) bond motifs is 1. The molecule has 0 aliphatic carbocycles. The maximum Gasteiger partial charge on any atom is 0.0406 e. The maximum atomic E-state index is 5.96. The van der Waals surface area contributed by atoms with Crippen LogP contribution in [0.15, 0.2) is 59.5 Å². The molecule has 0 bridgehead atoms. The molecule has 1 aliphatic heterocycles. The molecule has 0 N–H and O–H groups in total. The van der Waals surface area contributed by atoms with Gasteiger partial charge in [-0.15, -0.1) is 0 Å². The molecule has 3 rings (SSSR count). The predicted molar refractivity (Wildman–Crippen MR) is 84.8 cm³/mol. The van der Waals surface area contributed by atoms with E-state index < -0.39 is 0 Å². The average Bonchev–Trinajstić information content (AvgIpc) is 2.47. The number of hydrogen-bond acceptors (Lipinski definition) is 1. The van der Waals surface area contributed by atoms with Gasteiger partial charge >= 0.3 is 0 Å². The van der Waals surface area contributed by atoms with E-state index in [0.29, 0.717) is 5.92 Å². The SMILES string of the molecule is CCC1C=C(c2ccc(Cl)cc2)Sc2ccccc21. The number of rotatable bonds is 2. The Morgan fingerprint density at radius 1 is 1.05 bits per heavy atom. The quantitative estimate of drug-likeness (QED) is 0.654. The number of benzene rings is 2. The van der Waals surface area contributed by atoms with Crippen LogP contribution >= 0.6 is 23.4 Å². The summed E-state index contributed by atoms with van der Waals surface area (Å²) in [6, 6.07) is 16.8. The molecule has 2 heteroatoms. The lowest BCUT2D eigenvalue weighted by molar-refractivity contribution is 0.788. The van der Waals surface area contributed by atoms with Gasteiger partial charge in [0.25, 0.3) is 0 Å². The Labute approximate surface area is 123 Å². The Morgan fingerprint density at radius 3 is 2.53 bits per heavy atom. The number of halogens is 1. The summed E-state index contributed by atoms with van der Waals surface area (Å²) in [4.78, 5) is 2.71. The minimum absolute atomic E-state index is 0.517. The molecule has 1 aliphatic rings. The molecule has 0 saturated carbocycles. The molecule has 0 amide bonds. The molecule has 1 unspecified atom stereocenters. The molecule has 1 heterocycles. The summed E-state index contributed by atoms with van der Waals surface area (Å²) < 4.78 is 0. The van der Waals surface area contributed by atoms with Crippen LogP contribution in [0.3, 0.4) is 0 Å². The van der Waals surface area contributed by atoms with Gasteiger partial charge in [0.05, 0.1) is 0 Å². The van der Waals surface area contributed by atoms with Gasteiger partial charge in [0.2, 0.25) is 0 Å². The zero-order chi connectivity index (χ0) is 13.2. The van der Waals surface area contributed by atoms with Crippen LogP contribution in [0.1, 0.15) is 30.4 Å². The van der Waals surface area contributed by atoms with Crippen molar-refractivity contribution in [2.45, 2.75) is 24.2 Å². The molecule has 2 aromatic rings. The summed E-state index contributed by atoms with van der Waals surface area (Å²) in [5.74, 6) is 0.517. The number of allylic oxidation sites excluding steroid dienone is 1. The normalized spacial score (nSPS) is 17.8. The van der Waals surface area contributed by atoms with Crippen LogP contribution in [0.25, 0.3) is 4.91 Å². The molecule has 1 atom stereocenters. The summed E-state index contributed by atoms with van der Waals surface area (Å²) >= 11 is 7.81. The van der Waals surface area contributed by atoms with Crippen LogP contribution in [0.2, 0.25) is 5.02 Å². The van der Waals surface area contributed by atoms with Gasteiger partial charge in [-0.3, -0.25) is 0 Å². The first-order valence-corrected chi connectivity index (χ1v) is 7.72. The predicted octanol–water partition coefficient (Wildman–Crippen LogP) is 5.98. The summed E-state index contributed by atoms with van der Waals surface area (Å²) in [6.45, 7) is 2.24. The molecule has 19 heavy (non-hydrogen) atoms. The zero-order valence-electron chi connectivity index (χ0n) is 10.8. The molecule has 0 fully saturated rings. The van der Waals surface area contributed by atoms with Crippen molar-refractivity contribution in [1.29, 1.82) is 0 Å². The number of hydrogen-bond donors (Lipinski definition) is 0. The monoisotopic (exact) mass is 286 g/mol. The van der Waals surface area contributed by atoms with E-state index in [0.717, 1.165) is 11.4 Å². The van der Waals surface area contributed by atoms with Gasteiger partial charge in [0, 0.05) is 20.7 Å². The van der Waals surface area contributed by atoms with E-state index >= 15 is 0 Å². The highest BCUT2D eigenvalue weighted by Crippen LogP contribution is 2.45. The highest BCUT2D eigenvalue weighted by molar-refractivity contribution is 8.08. The number of thioether (sulfide) groups is 1. The first-order valence-electron chi connectivity index (χ1n) is 6.52. The summed E-state index contributed by atoms with van der Waals surface area (Å²) in [5, 5.41) is 0.789. The standard InChI is InChI=1S/C17H15ClS/c1-2-12-11-17(13-7-9-14(18)10-8-13)19-16-6-4-3-5-15(12)16/h3-12H,2H2,1H3.